The van der Waals surface area contributed by atoms with E-state index in [4.69, 9.17) is 4.74 Å². The highest BCUT2D eigenvalue weighted by Crippen LogP contribution is 2.14. The first-order valence-electron chi connectivity index (χ1n) is 5.14. The lowest BCUT2D eigenvalue weighted by molar-refractivity contribution is -0.125. The zero-order chi connectivity index (χ0) is 11.3. The van der Waals surface area contributed by atoms with Crippen molar-refractivity contribution < 1.29 is 9.53 Å². The second-order valence-corrected chi connectivity index (χ2v) is 3.44. The zero-order valence-electron chi connectivity index (χ0n) is 9.46. The number of ether oxygens (including phenoxy) is 1. The molecule has 3 nitrogen and oxygen atoms in total. The van der Waals surface area contributed by atoms with E-state index in [1.54, 1.807) is 0 Å². The number of carbonyl (C=O) groups excluding carboxylic acids is 1. The summed E-state index contributed by atoms with van der Waals surface area (Å²) in [7, 11) is 0. The molecule has 0 bridgehead atoms. The fourth-order valence-electron chi connectivity index (χ4n) is 1.16. The topological polar surface area (TPSA) is 38.3 Å². The molecular formula is C12H17NO2. The van der Waals surface area contributed by atoms with Crippen molar-refractivity contribution in [2.45, 2.75) is 27.2 Å². The van der Waals surface area contributed by atoms with E-state index in [1.807, 2.05) is 25.2 Å². The van der Waals surface area contributed by atoms with Crippen LogP contribution in [0, 0.1) is 0 Å². The van der Waals surface area contributed by atoms with Gasteiger partial charge in [-0.25, -0.2) is 0 Å². The highest BCUT2D eigenvalue weighted by atomic mass is 16.5. The molecule has 1 N–H and O–H groups in total. The van der Waals surface area contributed by atoms with Crippen LogP contribution in [0.4, 0.5) is 0 Å². The maximum atomic E-state index is 11.1. The van der Waals surface area contributed by atoms with Crippen LogP contribution in [0.1, 0.15) is 27.2 Å². The minimum Gasteiger partial charge on any atom is -0.482 e. The second-order valence-electron chi connectivity index (χ2n) is 3.44. The Kier molecular flexibility index (Phi) is 4.16. The van der Waals surface area contributed by atoms with Crippen LogP contribution in [0.3, 0.4) is 0 Å². The van der Waals surface area contributed by atoms with Crippen molar-refractivity contribution in [2.24, 2.45) is 0 Å². The molecule has 0 aliphatic carbocycles. The SMILES string of the molecule is CC=C1NC(=O)CO/C1=C/C=C(\C)CC. The van der Waals surface area contributed by atoms with Gasteiger partial charge >= 0.3 is 0 Å². The molecule has 82 valence electrons. The van der Waals surface area contributed by atoms with E-state index in [-0.39, 0.29) is 12.5 Å². The standard InChI is InChI=1S/C12H17NO2/c1-4-9(3)6-7-11-10(5-2)13-12(14)8-15-11/h5-7H,4,8H2,1-3H3,(H,13,14)/b9-6+,10-5?,11-7+. The smallest absolute Gasteiger partial charge is 0.262 e. The Morgan fingerprint density at radius 1 is 1.60 bits per heavy atom. The molecule has 1 amide bonds. The third-order valence-electron chi connectivity index (χ3n) is 2.26. The average molecular weight is 207 g/mol. The Morgan fingerprint density at radius 3 is 2.93 bits per heavy atom. The molecule has 1 fully saturated rings. The second kappa shape index (κ2) is 5.39. The summed E-state index contributed by atoms with van der Waals surface area (Å²) < 4.78 is 5.32. The lowest BCUT2D eigenvalue weighted by atomic mass is 10.2. The molecule has 0 radical (unpaired) electrons. The van der Waals surface area contributed by atoms with E-state index in [1.165, 1.54) is 5.57 Å². The molecule has 0 unspecified atom stereocenters. The Bertz CT molecular complexity index is 338. The monoisotopic (exact) mass is 207 g/mol. The van der Waals surface area contributed by atoms with Crippen LogP contribution in [-0.4, -0.2) is 12.5 Å². The molecule has 0 aromatic heterocycles. The molecule has 1 saturated heterocycles. The molecule has 3 heteroatoms. The molecule has 0 atom stereocenters. The first kappa shape index (κ1) is 11.6. The molecule has 0 spiro atoms. The molecule has 15 heavy (non-hydrogen) atoms. The third kappa shape index (κ3) is 3.27. The minimum atomic E-state index is -0.101. The van der Waals surface area contributed by atoms with Crippen molar-refractivity contribution in [2.75, 3.05) is 6.61 Å². The van der Waals surface area contributed by atoms with E-state index in [0.717, 1.165) is 17.9 Å². The highest BCUT2D eigenvalue weighted by molar-refractivity contribution is 5.81. The van der Waals surface area contributed by atoms with Crippen LogP contribution < -0.4 is 5.32 Å². The van der Waals surface area contributed by atoms with E-state index < -0.39 is 0 Å². The quantitative estimate of drug-likeness (QED) is 0.754. The largest absolute Gasteiger partial charge is 0.482 e. The van der Waals surface area contributed by atoms with Crippen LogP contribution >= 0.6 is 0 Å². The predicted octanol–water partition coefficient (Wildman–Crippen LogP) is 2.28. The van der Waals surface area contributed by atoms with Gasteiger partial charge in [-0.05, 0) is 26.3 Å². The number of rotatable bonds is 2. The van der Waals surface area contributed by atoms with Crippen molar-refractivity contribution in [3.63, 3.8) is 0 Å². The fourth-order valence-corrected chi connectivity index (χ4v) is 1.16. The fraction of sp³-hybridized carbons (Fsp3) is 0.417. The number of carbonyl (C=O) groups is 1. The number of hydrogen-bond donors (Lipinski definition) is 1. The van der Waals surface area contributed by atoms with Crippen LogP contribution in [-0.2, 0) is 9.53 Å². The van der Waals surface area contributed by atoms with Gasteiger partial charge in [0.05, 0.1) is 5.70 Å². The number of hydrogen-bond acceptors (Lipinski definition) is 2. The first-order valence-corrected chi connectivity index (χ1v) is 5.14. The van der Waals surface area contributed by atoms with Gasteiger partial charge in [-0.15, -0.1) is 0 Å². The van der Waals surface area contributed by atoms with Gasteiger partial charge in [0, 0.05) is 0 Å². The summed E-state index contributed by atoms with van der Waals surface area (Å²) >= 11 is 0. The summed E-state index contributed by atoms with van der Waals surface area (Å²) in [6, 6.07) is 0. The van der Waals surface area contributed by atoms with Crippen molar-refractivity contribution in [1.29, 1.82) is 0 Å². The molecule has 1 aliphatic heterocycles. The van der Waals surface area contributed by atoms with Crippen molar-refractivity contribution in [3.8, 4) is 0 Å². The van der Waals surface area contributed by atoms with Gasteiger partial charge in [0.2, 0.25) is 0 Å². The summed E-state index contributed by atoms with van der Waals surface area (Å²) in [6.07, 6.45) is 6.75. The molecular weight excluding hydrogens is 190 g/mol. The van der Waals surface area contributed by atoms with E-state index in [0.29, 0.717) is 0 Å². The number of nitrogens with one attached hydrogen (secondary N) is 1. The summed E-state index contributed by atoms with van der Waals surface area (Å²) in [4.78, 5) is 11.1. The van der Waals surface area contributed by atoms with Gasteiger partial charge < -0.3 is 10.1 Å². The summed E-state index contributed by atoms with van der Waals surface area (Å²) in [5.74, 6) is 0.626. The van der Waals surface area contributed by atoms with E-state index >= 15 is 0 Å². The Hall–Kier alpha value is -1.51. The molecule has 0 saturated carbocycles. The maximum absolute atomic E-state index is 11.1. The van der Waals surface area contributed by atoms with E-state index in [9.17, 15) is 4.79 Å². The Balaban J connectivity index is 2.81. The summed E-state index contributed by atoms with van der Waals surface area (Å²) in [6.45, 7) is 6.13. The number of allylic oxidation sites excluding steroid dienone is 4. The van der Waals surface area contributed by atoms with Gasteiger partial charge in [0.15, 0.2) is 6.61 Å². The molecule has 1 aliphatic rings. The van der Waals surface area contributed by atoms with Gasteiger partial charge in [-0.3, -0.25) is 4.79 Å². The zero-order valence-corrected chi connectivity index (χ0v) is 9.46. The lowest BCUT2D eigenvalue weighted by Gasteiger charge is -2.19. The van der Waals surface area contributed by atoms with Gasteiger partial charge in [0.25, 0.3) is 5.91 Å². The van der Waals surface area contributed by atoms with E-state index in [2.05, 4.69) is 19.2 Å². The van der Waals surface area contributed by atoms with Crippen LogP contribution in [0.2, 0.25) is 0 Å². The highest BCUT2D eigenvalue weighted by Gasteiger charge is 2.16. The van der Waals surface area contributed by atoms with Crippen molar-refractivity contribution in [1.82, 2.24) is 5.32 Å². The predicted molar refractivity (Wildman–Crippen MR) is 60.0 cm³/mol. The van der Waals surface area contributed by atoms with Crippen molar-refractivity contribution in [3.05, 3.63) is 35.3 Å². The number of morpholine rings is 1. The van der Waals surface area contributed by atoms with Gasteiger partial charge in [-0.1, -0.05) is 24.6 Å². The summed E-state index contributed by atoms with van der Waals surface area (Å²) in [5, 5.41) is 2.76. The number of amides is 1. The van der Waals surface area contributed by atoms with Crippen LogP contribution in [0.15, 0.2) is 35.3 Å². The first-order chi connectivity index (χ1) is 7.17. The van der Waals surface area contributed by atoms with Gasteiger partial charge in [0.1, 0.15) is 5.76 Å². The van der Waals surface area contributed by atoms with Gasteiger partial charge in [-0.2, -0.15) is 0 Å². The van der Waals surface area contributed by atoms with Crippen molar-refractivity contribution >= 4 is 5.91 Å². The average Bonchev–Trinajstić information content (AvgIpc) is 2.26. The maximum Gasteiger partial charge on any atom is 0.262 e. The van der Waals surface area contributed by atoms with Crippen LogP contribution in [0.25, 0.3) is 0 Å². The third-order valence-corrected chi connectivity index (χ3v) is 2.26. The lowest BCUT2D eigenvalue weighted by Crippen LogP contribution is -2.33. The Morgan fingerprint density at radius 2 is 2.33 bits per heavy atom. The molecule has 0 aromatic carbocycles. The molecule has 1 rings (SSSR count). The molecule has 0 aromatic rings. The minimum absolute atomic E-state index is 0.0994. The normalized spacial score (nSPS) is 22.9. The summed E-state index contributed by atoms with van der Waals surface area (Å²) in [5.41, 5.74) is 2.02. The molecule has 1 heterocycles. The van der Waals surface area contributed by atoms with Crippen LogP contribution in [0.5, 0.6) is 0 Å². The Labute approximate surface area is 90.5 Å².